The highest BCUT2D eigenvalue weighted by atomic mass is 16.5. The molecule has 1 aromatic carbocycles. The lowest BCUT2D eigenvalue weighted by atomic mass is 10.2. The number of aliphatic hydroxyl groups is 1. The largest absolute Gasteiger partial charge is 0.486 e. The summed E-state index contributed by atoms with van der Waals surface area (Å²) in [5.41, 5.74) is 0.812. The molecule has 0 aliphatic carbocycles. The van der Waals surface area contributed by atoms with Gasteiger partial charge in [-0.2, -0.15) is 5.10 Å². The Morgan fingerprint density at radius 2 is 2.30 bits per heavy atom. The first-order valence-electron chi connectivity index (χ1n) is 6.52. The van der Waals surface area contributed by atoms with Crippen molar-refractivity contribution in [1.29, 1.82) is 0 Å². The molecule has 104 valence electrons. The normalized spacial score (nSPS) is 9.90. The second-order valence-corrected chi connectivity index (χ2v) is 4.18. The molecule has 1 aromatic heterocycles. The number of aromatic nitrogens is 3. The van der Waals surface area contributed by atoms with Gasteiger partial charge < -0.3 is 9.84 Å². The van der Waals surface area contributed by atoms with Gasteiger partial charge in [0, 0.05) is 12.1 Å². The summed E-state index contributed by atoms with van der Waals surface area (Å²) < 4.78 is 7.55. The van der Waals surface area contributed by atoms with E-state index in [-0.39, 0.29) is 6.61 Å². The molecule has 5 nitrogen and oxygen atoms in total. The molecule has 1 N–H and O–H groups in total. The SMILES string of the molecule is CCCn1ncnc1COc1cccc(C#CCO)c1. The van der Waals surface area contributed by atoms with Crippen LogP contribution >= 0.6 is 0 Å². The Morgan fingerprint density at radius 1 is 1.40 bits per heavy atom. The quantitative estimate of drug-likeness (QED) is 0.839. The molecule has 0 radical (unpaired) electrons. The maximum absolute atomic E-state index is 8.68. The number of aliphatic hydroxyl groups excluding tert-OH is 1. The van der Waals surface area contributed by atoms with Crippen molar-refractivity contribution in [2.24, 2.45) is 0 Å². The number of aryl methyl sites for hydroxylation is 1. The summed E-state index contributed by atoms with van der Waals surface area (Å²) in [6.45, 7) is 3.15. The van der Waals surface area contributed by atoms with E-state index in [2.05, 4.69) is 28.8 Å². The summed E-state index contributed by atoms with van der Waals surface area (Å²) in [6, 6.07) is 7.44. The van der Waals surface area contributed by atoms with Crippen molar-refractivity contribution in [3.8, 4) is 17.6 Å². The van der Waals surface area contributed by atoms with Gasteiger partial charge in [0.2, 0.25) is 0 Å². The third kappa shape index (κ3) is 3.84. The van der Waals surface area contributed by atoms with Crippen LogP contribution in [0.1, 0.15) is 24.7 Å². The van der Waals surface area contributed by atoms with Crippen LogP contribution in [0, 0.1) is 11.8 Å². The highest BCUT2D eigenvalue weighted by Gasteiger charge is 2.04. The molecule has 0 saturated carbocycles. The minimum absolute atomic E-state index is 0.148. The van der Waals surface area contributed by atoms with E-state index in [1.54, 1.807) is 0 Å². The lowest BCUT2D eigenvalue weighted by molar-refractivity contribution is 0.286. The van der Waals surface area contributed by atoms with Crippen LogP contribution in [-0.2, 0) is 13.2 Å². The van der Waals surface area contributed by atoms with Crippen LogP contribution < -0.4 is 4.74 Å². The van der Waals surface area contributed by atoms with Crippen LogP contribution in [0.15, 0.2) is 30.6 Å². The average Bonchev–Trinajstić information content (AvgIpc) is 2.91. The maximum Gasteiger partial charge on any atom is 0.164 e. The van der Waals surface area contributed by atoms with E-state index in [9.17, 15) is 0 Å². The third-order valence-electron chi connectivity index (χ3n) is 2.64. The molecule has 0 bridgehead atoms. The highest BCUT2D eigenvalue weighted by molar-refractivity contribution is 5.39. The first kappa shape index (κ1) is 14.1. The van der Waals surface area contributed by atoms with Gasteiger partial charge in [0.15, 0.2) is 5.82 Å². The minimum Gasteiger partial charge on any atom is -0.486 e. The molecule has 0 atom stereocenters. The zero-order chi connectivity index (χ0) is 14.2. The summed E-state index contributed by atoms with van der Waals surface area (Å²) in [5, 5.41) is 12.8. The molecule has 1 heterocycles. The van der Waals surface area contributed by atoms with E-state index in [1.165, 1.54) is 6.33 Å². The van der Waals surface area contributed by atoms with E-state index in [0.717, 1.165) is 30.1 Å². The summed E-state index contributed by atoms with van der Waals surface area (Å²) in [7, 11) is 0. The van der Waals surface area contributed by atoms with Gasteiger partial charge >= 0.3 is 0 Å². The van der Waals surface area contributed by atoms with Gasteiger partial charge in [-0.1, -0.05) is 24.8 Å². The Balaban J connectivity index is 2.01. The standard InChI is InChI=1S/C15H17N3O2/c1-2-8-18-15(16-12-17-18)11-20-14-7-3-5-13(10-14)6-4-9-19/h3,5,7,10,12,19H,2,8-9,11H2,1H3. The van der Waals surface area contributed by atoms with Gasteiger partial charge in [-0.05, 0) is 24.6 Å². The smallest absolute Gasteiger partial charge is 0.164 e. The molecule has 2 rings (SSSR count). The van der Waals surface area contributed by atoms with Gasteiger partial charge in [-0.25, -0.2) is 9.67 Å². The molecular formula is C15H17N3O2. The zero-order valence-corrected chi connectivity index (χ0v) is 11.4. The lowest BCUT2D eigenvalue weighted by Gasteiger charge is -2.07. The molecule has 0 saturated heterocycles. The van der Waals surface area contributed by atoms with Crippen molar-refractivity contribution >= 4 is 0 Å². The van der Waals surface area contributed by atoms with Crippen molar-refractivity contribution < 1.29 is 9.84 Å². The number of nitrogens with zero attached hydrogens (tertiary/aromatic N) is 3. The molecule has 2 aromatic rings. The zero-order valence-electron chi connectivity index (χ0n) is 11.4. The van der Waals surface area contributed by atoms with E-state index in [0.29, 0.717) is 6.61 Å². The van der Waals surface area contributed by atoms with Gasteiger partial charge in [-0.3, -0.25) is 0 Å². The minimum atomic E-state index is -0.148. The second-order valence-electron chi connectivity index (χ2n) is 4.18. The highest BCUT2D eigenvalue weighted by Crippen LogP contribution is 2.14. The van der Waals surface area contributed by atoms with E-state index >= 15 is 0 Å². The molecule has 20 heavy (non-hydrogen) atoms. The fraction of sp³-hybridized carbons (Fsp3) is 0.333. The Bertz CT molecular complexity index is 611. The first-order valence-corrected chi connectivity index (χ1v) is 6.52. The summed E-state index contributed by atoms with van der Waals surface area (Å²) in [4.78, 5) is 4.19. The predicted octanol–water partition coefficient (Wildman–Crippen LogP) is 1.61. The Kier molecular flexibility index (Phi) is 5.15. The molecule has 0 spiro atoms. The van der Waals surface area contributed by atoms with Crippen molar-refractivity contribution in [3.05, 3.63) is 42.0 Å². The van der Waals surface area contributed by atoms with Gasteiger partial charge in [-0.15, -0.1) is 0 Å². The van der Waals surface area contributed by atoms with Crippen LogP contribution in [0.5, 0.6) is 5.75 Å². The Morgan fingerprint density at radius 3 is 3.10 bits per heavy atom. The van der Waals surface area contributed by atoms with E-state index < -0.39 is 0 Å². The predicted molar refractivity (Wildman–Crippen MR) is 75.1 cm³/mol. The molecule has 5 heteroatoms. The van der Waals surface area contributed by atoms with Crippen LogP contribution in [0.2, 0.25) is 0 Å². The van der Waals surface area contributed by atoms with Crippen molar-refractivity contribution in [3.63, 3.8) is 0 Å². The van der Waals surface area contributed by atoms with Gasteiger partial charge in [0.1, 0.15) is 25.3 Å². The molecular weight excluding hydrogens is 254 g/mol. The molecule has 0 fully saturated rings. The van der Waals surface area contributed by atoms with E-state index in [4.69, 9.17) is 9.84 Å². The fourth-order valence-corrected chi connectivity index (χ4v) is 1.75. The molecule has 0 unspecified atom stereocenters. The molecule has 0 aliphatic rings. The number of ether oxygens (including phenoxy) is 1. The van der Waals surface area contributed by atoms with Crippen molar-refractivity contribution in [1.82, 2.24) is 14.8 Å². The number of hydrogen-bond acceptors (Lipinski definition) is 4. The summed E-state index contributed by atoms with van der Waals surface area (Å²) in [5.74, 6) is 6.98. The Hall–Kier alpha value is -2.32. The summed E-state index contributed by atoms with van der Waals surface area (Å²) in [6.07, 6.45) is 2.54. The second kappa shape index (κ2) is 7.31. The monoisotopic (exact) mass is 271 g/mol. The van der Waals surface area contributed by atoms with E-state index in [1.807, 2.05) is 28.9 Å². The molecule has 0 aliphatic heterocycles. The van der Waals surface area contributed by atoms with Crippen LogP contribution in [0.25, 0.3) is 0 Å². The number of rotatable bonds is 5. The molecule has 0 amide bonds. The number of benzene rings is 1. The van der Waals surface area contributed by atoms with Crippen LogP contribution in [0.4, 0.5) is 0 Å². The summed E-state index contributed by atoms with van der Waals surface area (Å²) >= 11 is 0. The van der Waals surface area contributed by atoms with Crippen LogP contribution in [-0.4, -0.2) is 26.5 Å². The van der Waals surface area contributed by atoms with Gasteiger partial charge in [0.25, 0.3) is 0 Å². The fourth-order valence-electron chi connectivity index (χ4n) is 1.75. The topological polar surface area (TPSA) is 60.2 Å². The average molecular weight is 271 g/mol. The van der Waals surface area contributed by atoms with Crippen molar-refractivity contribution in [2.75, 3.05) is 6.61 Å². The first-order chi connectivity index (χ1) is 9.83. The van der Waals surface area contributed by atoms with Crippen LogP contribution in [0.3, 0.4) is 0 Å². The maximum atomic E-state index is 8.68. The number of hydrogen-bond donors (Lipinski definition) is 1. The van der Waals surface area contributed by atoms with Crippen molar-refractivity contribution in [2.45, 2.75) is 26.5 Å². The lowest BCUT2D eigenvalue weighted by Crippen LogP contribution is -2.08. The Labute approximate surface area is 118 Å². The van der Waals surface area contributed by atoms with Gasteiger partial charge in [0.05, 0.1) is 0 Å². The third-order valence-corrected chi connectivity index (χ3v) is 2.64.